The van der Waals surface area contributed by atoms with E-state index in [-0.39, 0.29) is 10.8 Å². The van der Waals surface area contributed by atoms with Gasteiger partial charge in [-0.2, -0.15) is 0 Å². The standard InChI is InChI=1S/C16H22ClFN2O/c17-15-2-1-13(11-16(15)18)12-19-5-7-20(8-6-19)14-3-9-21-10-4-14/h1-2,11,14H,3-10,12H2. The highest BCUT2D eigenvalue weighted by Crippen LogP contribution is 2.19. The van der Waals surface area contributed by atoms with Crippen LogP contribution in [0, 0.1) is 5.82 Å². The third-order valence-electron chi connectivity index (χ3n) is 4.50. The van der Waals surface area contributed by atoms with Gasteiger partial charge in [0.2, 0.25) is 0 Å². The van der Waals surface area contributed by atoms with Crippen LogP contribution in [0.25, 0.3) is 0 Å². The minimum Gasteiger partial charge on any atom is -0.381 e. The van der Waals surface area contributed by atoms with Gasteiger partial charge < -0.3 is 4.74 Å². The van der Waals surface area contributed by atoms with Gasteiger partial charge in [-0.25, -0.2) is 4.39 Å². The Bertz CT molecular complexity index is 471. The molecule has 3 nitrogen and oxygen atoms in total. The van der Waals surface area contributed by atoms with Gasteiger partial charge in [0.25, 0.3) is 0 Å². The van der Waals surface area contributed by atoms with Crippen molar-refractivity contribution in [1.29, 1.82) is 0 Å². The molecule has 0 bridgehead atoms. The van der Waals surface area contributed by atoms with Crippen LogP contribution in [-0.2, 0) is 11.3 Å². The topological polar surface area (TPSA) is 15.7 Å². The van der Waals surface area contributed by atoms with Crippen LogP contribution in [0.15, 0.2) is 18.2 Å². The number of nitrogens with zero attached hydrogens (tertiary/aromatic N) is 2. The van der Waals surface area contributed by atoms with Crippen molar-refractivity contribution < 1.29 is 9.13 Å². The summed E-state index contributed by atoms with van der Waals surface area (Å²) in [5, 5.41) is 0.197. The van der Waals surface area contributed by atoms with Crippen molar-refractivity contribution in [1.82, 2.24) is 9.80 Å². The van der Waals surface area contributed by atoms with E-state index in [0.717, 1.165) is 64.3 Å². The fraction of sp³-hybridized carbons (Fsp3) is 0.625. The van der Waals surface area contributed by atoms with Gasteiger partial charge in [0, 0.05) is 52.0 Å². The van der Waals surface area contributed by atoms with Crippen molar-refractivity contribution in [2.45, 2.75) is 25.4 Å². The third kappa shape index (κ3) is 3.95. The molecule has 0 radical (unpaired) electrons. The highest BCUT2D eigenvalue weighted by molar-refractivity contribution is 6.30. The van der Waals surface area contributed by atoms with Crippen LogP contribution in [-0.4, -0.2) is 55.2 Å². The van der Waals surface area contributed by atoms with Gasteiger partial charge >= 0.3 is 0 Å². The number of rotatable bonds is 3. The van der Waals surface area contributed by atoms with E-state index in [1.165, 1.54) is 0 Å². The van der Waals surface area contributed by atoms with Crippen molar-refractivity contribution >= 4 is 11.6 Å². The smallest absolute Gasteiger partial charge is 0.142 e. The summed E-state index contributed by atoms with van der Waals surface area (Å²) in [6, 6.07) is 5.79. The van der Waals surface area contributed by atoms with Crippen LogP contribution in [0.1, 0.15) is 18.4 Å². The lowest BCUT2D eigenvalue weighted by molar-refractivity contribution is 0.0126. The average Bonchev–Trinajstić information content (AvgIpc) is 2.53. The van der Waals surface area contributed by atoms with E-state index in [1.54, 1.807) is 12.1 Å². The first kappa shape index (κ1) is 15.2. The zero-order chi connectivity index (χ0) is 14.7. The number of piperazine rings is 1. The molecule has 116 valence electrons. The Morgan fingerprint density at radius 2 is 1.86 bits per heavy atom. The van der Waals surface area contributed by atoms with Gasteiger partial charge in [0.1, 0.15) is 5.82 Å². The fourth-order valence-electron chi connectivity index (χ4n) is 3.23. The van der Waals surface area contributed by atoms with Crippen molar-refractivity contribution in [3.8, 4) is 0 Å². The van der Waals surface area contributed by atoms with E-state index in [9.17, 15) is 4.39 Å². The van der Waals surface area contributed by atoms with Crippen LogP contribution < -0.4 is 0 Å². The average molecular weight is 313 g/mol. The van der Waals surface area contributed by atoms with Gasteiger partial charge in [-0.15, -0.1) is 0 Å². The van der Waals surface area contributed by atoms with Crippen LogP contribution in [0.4, 0.5) is 4.39 Å². The number of benzene rings is 1. The highest BCUT2D eigenvalue weighted by Gasteiger charge is 2.25. The second-order valence-corrected chi connectivity index (χ2v) is 6.31. The summed E-state index contributed by atoms with van der Waals surface area (Å²) in [4.78, 5) is 4.97. The summed E-state index contributed by atoms with van der Waals surface area (Å²) >= 11 is 5.72. The molecule has 1 aromatic carbocycles. The quantitative estimate of drug-likeness (QED) is 0.853. The third-order valence-corrected chi connectivity index (χ3v) is 4.81. The van der Waals surface area contributed by atoms with E-state index in [4.69, 9.17) is 16.3 Å². The largest absolute Gasteiger partial charge is 0.381 e. The van der Waals surface area contributed by atoms with E-state index >= 15 is 0 Å². The minimum absolute atomic E-state index is 0.197. The predicted octanol–water partition coefficient (Wildman–Crippen LogP) is 2.78. The van der Waals surface area contributed by atoms with E-state index < -0.39 is 0 Å². The molecule has 0 saturated carbocycles. The van der Waals surface area contributed by atoms with Gasteiger partial charge in [0.05, 0.1) is 5.02 Å². The molecule has 2 heterocycles. The van der Waals surface area contributed by atoms with Crippen LogP contribution in [0.3, 0.4) is 0 Å². The maximum absolute atomic E-state index is 13.5. The maximum atomic E-state index is 13.5. The molecule has 2 aliphatic heterocycles. The molecule has 0 atom stereocenters. The van der Waals surface area contributed by atoms with Crippen molar-refractivity contribution in [2.24, 2.45) is 0 Å². The van der Waals surface area contributed by atoms with Crippen molar-refractivity contribution in [2.75, 3.05) is 39.4 Å². The number of halogens is 2. The molecule has 1 aromatic rings. The normalized spacial score (nSPS) is 22.6. The SMILES string of the molecule is Fc1cc(CN2CCN(C3CCOCC3)CC2)ccc1Cl. The van der Waals surface area contributed by atoms with E-state index in [1.807, 2.05) is 6.07 Å². The summed E-state index contributed by atoms with van der Waals surface area (Å²) < 4.78 is 18.9. The van der Waals surface area contributed by atoms with E-state index in [0.29, 0.717) is 6.04 Å². The molecular weight excluding hydrogens is 291 g/mol. The molecule has 0 aromatic heterocycles. The number of hydrogen-bond donors (Lipinski definition) is 0. The van der Waals surface area contributed by atoms with Gasteiger partial charge in [-0.3, -0.25) is 9.80 Å². The number of ether oxygens (including phenoxy) is 1. The van der Waals surface area contributed by atoms with Crippen LogP contribution >= 0.6 is 11.6 Å². The fourth-order valence-corrected chi connectivity index (χ4v) is 3.35. The first-order chi connectivity index (χ1) is 10.2. The van der Waals surface area contributed by atoms with Crippen LogP contribution in [0.2, 0.25) is 5.02 Å². The molecule has 0 unspecified atom stereocenters. The molecule has 0 N–H and O–H groups in total. The zero-order valence-electron chi connectivity index (χ0n) is 12.2. The maximum Gasteiger partial charge on any atom is 0.142 e. The van der Waals surface area contributed by atoms with E-state index in [2.05, 4.69) is 9.80 Å². The molecule has 0 spiro atoms. The Kier molecular flexibility index (Phi) is 5.11. The van der Waals surface area contributed by atoms with Crippen molar-refractivity contribution in [3.05, 3.63) is 34.6 Å². The summed E-state index contributed by atoms with van der Waals surface area (Å²) in [5.41, 5.74) is 0.997. The Morgan fingerprint density at radius 3 is 2.52 bits per heavy atom. The van der Waals surface area contributed by atoms with Crippen LogP contribution in [0.5, 0.6) is 0 Å². The van der Waals surface area contributed by atoms with Gasteiger partial charge in [-0.1, -0.05) is 17.7 Å². The predicted molar refractivity (Wildman–Crippen MR) is 82.1 cm³/mol. The molecule has 5 heteroatoms. The summed E-state index contributed by atoms with van der Waals surface area (Å²) in [5.74, 6) is -0.324. The second-order valence-electron chi connectivity index (χ2n) is 5.90. The highest BCUT2D eigenvalue weighted by atomic mass is 35.5. The Balaban J connectivity index is 1.50. The Labute approximate surface area is 130 Å². The molecular formula is C16H22ClFN2O. The first-order valence-electron chi connectivity index (χ1n) is 7.70. The van der Waals surface area contributed by atoms with Gasteiger partial charge in [0.15, 0.2) is 0 Å². The lowest BCUT2D eigenvalue weighted by Crippen LogP contribution is -2.51. The molecule has 3 rings (SSSR count). The molecule has 2 aliphatic rings. The zero-order valence-corrected chi connectivity index (χ0v) is 13.0. The molecule has 2 saturated heterocycles. The molecule has 21 heavy (non-hydrogen) atoms. The summed E-state index contributed by atoms with van der Waals surface area (Å²) in [6.45, 7) is 6.88. The lowest BCUT2D eigenvalue weighted by Gasteiger charge is -2.40. The minimum atomic E-state index is -0.324. The van der Waals surface area contributed by atoms with Gasteiger partial charge in [-0.05, 0) is 30.5 Å². The monoisotopic (exact) mass is 312 g/mol. The Hall–Kier alpha value is -0.680. The summed E-state index contributed by atoms with van der Waals surface area (Å²) in [7, 11) is 0. The number of hydrogen-bond acceptors (Lipinski definition) is 3. The second kappa shape index (κ2) is 7.05. The van der Waals surface area contributed by atoms with Crippen molar-refractivity contribution in [3.63, 3.8) is 0 Å². The summed E-state index contributed by atoms with van der Waals surface area (Å²) in [6.07, 6.45) is 2.31. The molecule has 0 aliphatic carbocycles. The molecule has 2 fully saturated rings. The molecule has 0 amide bonds. The lowest BCUT2D eigenvalue weighted by atomic mass is 10.1. The Morgan fingerprint density at radius 1 is 1.14 bits per heavy atom. The first-order valence-corrected chi connectivity index (χ1v) is 8.08.